The van der Waals surface area contributed by atoms with Gasteiger partial charge in [-0.3, -0.25) is 4.79 Å². The summed E-state index contributed by atoms with van der Waals surface area (Å²) in [6.07, 6.45) is 7.26. The van der Waals surface area contributed by atoms with E-state index in [0.717, 1.165) is 48.1 Å². The van der Waals surface area contributed by atoms with Crippen LogP contribution in [-0.4, -0.2) is 20.7 Å². The van der Waals surface area contributed by atoms with Gasteiger partial charge in [-0.15, -0.1) is 0 Å². The van der Waals surface area contributed by atoms with E-state index >= 15 is 0 Å². The first kappa shape index (κ1) is 23.6. The molecule has 2 aromatic carbocycles. The molecule has 2 heterocycles. The van der Waals surface area contributed by atoms with Crippen LogP contribution < -0.4 is 5.32 Å². The highest BCUT2D eigenvalue weighted by Gasteiger charge is 2.28. The third kappa shape index (κ3) is 5.13. The van der Waals surface area contributed by atoms with Crippen LogP contribution in [0, 0.1) is 0 Å². The average Bonchev–Trinajstić information content (AvgIpc) is 3.10. The van der Waals surface area contributed by atoms with Crippen molar-refractivity contribution in [3.63, 3.8) is 0 Å². The van der Waals surface area contributed by atoms with Gasteiger partial charge in [0.25, 0.3) is 5.91 Å². The standard InChI is InChI=1S/C27H21Cl3N4O/c28-19-10-8-17(9-11-19)15-18-5-1-2-6-21-25(27(35)32-24-7-3-4-14-31-24)33-34(26(18)21)23-13-12-20(29)16-22(23)30/h3-4,7-16H,1-2,5-6H2,(H,31,32,35)/b18-15+. The van der Waals surface area contributed by atoms with Crippen LogP contribution in [0.1, 0.15) is 46.6 Å². The number of nitrogens with one attached hydrogen (secondary N) is 1. The fourth-order valence-corrected chi connectivity index (χ4v) is 4.89. The Labute approximate surface area is 218 Å². The topological polar surface area (TPSA) is 59.8 Å². The van der Waals surface area contributed by atoms with Gasteiger partial charge in [0.05, 0.1) is 16.4 Å². The maximum atomic E-state index is 13.4. The van der Waals surface area contributed by atoms with Crippen molar-refractivity contribution >= 4 is 58.2 Å². The summed E-state index contributed by atoms with van der Waals surface area (Å²) < 4.78 is 1.77. The van der Waals surface area contributed by atoms with Gasteiger partial charge >= 0.3 is 0 Å². The van der Waals surface area contributed by atoms with Crippen LogP contribution in [0.5, 0.6) is 0 Å². The molecule has 2 aromatic heterocycles. The second-order valence-corrected chi connectivity index (χ2v) is 9.56. The Balaban J connectivity index is 1.68. The first-order chi connectivity index (χ1) is 17.0. The van der Waals surface area contributed by atoms with Crippen molar-refractivity contribution in [2.45, 2.75) is 25.7 Å². The maximum absolute atomic E-state index is 13.4. The molecule has 1 N–H and O–H groups in total. The van der Waals surface area contributed by atoms with E-state index in [2.05, 4.69) is 16.4 Å². The summed E-state index contributed by atoms with van der Waals surface area (Å²) in [6.45, 7) is 0. The van der Waals surface area contributed by atoms with Gasteiger partial charge in [-0.2, -0.15) is 5.10 Å². The highest BCUT2D eigenvalue weighted by atomic mass is 35.5. The van der Waals surface area contributed by atoms with E-state index in [1.54, 1.807) is 35.1 Å². The molecule has 0 fully saturated rings. The lowest BCUT2D eigenvalue weighted by Gasteiger charge is -2.13. The maximum Gasteiger partial charge on any atom is 0.277 e. The smallest absolute Gasteiger partial charge is 0.277 e. The van der Waals surface area contributed by atoms with Crippen LogP contribution in [0.4, 0.5) is 5.82 Å². The van der Waals surface area contributed by atoms with Gasteiger partial charge in [0.2, 0.25) is 0 Å². The number of fused-ring (bicyclic) bond motifs is 1. The third-order valence-corrected chi connectivity index (χ3v) is 6.67. The fraction of sp³-hybridized carbons (Fsp3) is 0.148. The Hall–Kier alpha value is -3.12. The number of hydrogen-bond acceptors (Lipinski definition) is 3. The molecular weight excluding hydrogens is 503 g/mol. The number of aromatic nitrogens is 3. The van der Waals surface area contributed by atoms with Gasteiger partial charge in [-0.05, 0) is 85.4 Å². The molecule has 5 nitrogen and oxygen atoms in total. The van der Waals surface area contributed by atoms with Crippen molar-refractivity contribution in [1.29, 1.82) is 0 Å². The summed E-state index contributed by atoms with van der Waals surface area (Å²) in [4.78, 5) is 17.6. The minimum atomic E-state index is -0.309. The predicted octanol–water partition coefficient (Wildman–Crippen LogP) is 7.75. The Morgan fingerprint density at radius 2 is 1.71 bits per heavy atom. The molecule has 5 rings (SSSR count). The number of nitrogens with zero attached hydrogens (tertiary/aromatic N) is 3. The molecule has 0 aliphatic heterocycles. The second-order valence-electron chi connectivity index (χ2n) is 8.28. The molecule has 0 spiro atoms. The second kappa shape index (κ2) is 10.2. The van der Waals surface area contributed by atoms with Crippen LogP contribution in [-0.2, 0) is 6.42 Å². The molecular formula is C27H21Cl3N4O. The molecule has 1 aliphatic rings. The Morgan fingerprint density at radius 1 is 0.943 bits per heavy atom. The van der Waals surface area contributed by atoms with Crippen LogP contribution in [0.3, 0.4) is 0 Å². The Bertz CT molecular complexity index is 1410. The van der Waals surface area contributed by atoms with Gasteiger partial charge in [-0.25, -0.2) is 9.67 Å². The molecule has 8 heteroatoms. The Kier molecular flexibility index (Phi) is 6.91. The molecule has 0 atom stereocenters. The number of anilines is 1. The lowest BCUT2D eigenvalue weighted by Crippen LogP contribution is -2.15. The molecule has 176 valence electrons. The first-order valence-corrected chi connectivity index (χ1v) is 12.4. The first-order valence-electron chi connectivity index (χ1n) is 11.3. The fourth-order valence-electron chi connectivity index (χ4n) is 4.28. The number of hydrogen-bond donors (Lipinski definition) is 1. The van der Waals surface area contributed by atoms with Gasteiger partial charge in [-0.1, -0.05) is 53.0 Å². The van der Waals surface area contributed by atoms with E-state index in [1.165, 1.54) is 0 Å². The largest absolute Gasteiger partial charge is 0.305 e. The molecule has 0 radical (unpaired) electrons. The van der Waals surface area contributed by atoms with Crippen LogP contribution in [0.2, 0.25) is 15.1 Å². The van der Waals surface area contributed by atoms with Crippen molar-refractivity contribution in [2.24, 2.45) is 0 Å². The minimum absolute atomic E-state index is 0.309. The highest BCUT2D eigenvalue weighted by molar-refractivity contribution is 6.35. The number of carbonyl (C=O) groups is 1. The molecule has 0 bridgehead atoms. The summed E-state index contributed by atoms with van der Waals surface area (Å²) in [5.41, 5.74) is 4.89. The minimum Gasteiger partial charge on any atom is -0.305 e. The number of rotatable bonds is 4. The van der Waals surface area contributed by atoms with E-state index < -0.39 is 0 Å². The lowest BCUT2D eigenvalue weighted by atomic mass is 10.0. The van der Waals surface area contributed by atoms with Crippen LogP contribution in [0.15, 0.2) is 66.9 Å². The van der Waals surface area contributed by atoms with Crippen molar-refractivity contribution in [1.82, 2.24) is 14.8 Å². The van der Waals surface area contributed by atoms with E-state index in [-0.39, 0.29) is 5.91 Å². The summed E-state index contributed by atoms with van der Waals surface area (Å²) in [6, 6.07) is 18.3. The molecule has 35 heavy (non-hydrogen) atoms. The molecule has 0 saturated heterocycles. The number of benzene rings is 2. The summed E-state index contributed by atoms with van der Waals surface area (Å²) in [5.74, 6) is 0.160. The van der Waals surface area contributed by atoms with Crippen LogP contribution in [0.25, 0.3) is 17.3 Å². The molecule has 4 aromatic rings. The zero-order valence-corrected chi connectivity index (χ0v) is 20.9. The van der Waals surface area contributed by atoms with Crippen molar-refractivity contribution < 1.29 is 4.79 Å². The SMILES string of the molecule is O=C(Nc1ccccn1)c1nn(-c2ccc(Cl)cc2Cl)c2c1CCCC/C2=C\c1ccc(Cl)cc1. The highest BCUT2D eigenvalue weighted by Crippen LogP contribution is 2.37. The number of carbonyl (C=O) groups excluding carboxylic acids is 1. The van der Waals surface area contributed by atoms with Crippen molar-refractivity contribution in [2.75, 3.05) is 5.32 Å². The molecule has 1 amide bonds. The van der Waals surface area contributed by atoms with Gasteiger partial charge < -0.3 is 5.32 Å². The van der Waals surface area contributed by atoms with Crippen molar-refractivity contribution in [3.05, 3.63) is 104 Å². The van der Waals surface area contributed by atoms with E-state index in [0.29, 0.717) is 32.3 Å². The number of allylic oxidation sites excluding steroid dienone is 1. The zero-order valence-electron chi connectivity index (χ0n) is 18.6. The summed E-state index contributed by atoms with van der Waals surface area (Å²) in [5, 5.41) is 9.32. The molecule has 0 saturated carbocycles. The zero-order chi connectivity index (χ0) is 24.4. The average molecular weight is 524 g/mol. The van der Waals surface area contributed by atoms with Gasteiger partial charge in [0.1, 0.15) is 5.82 Å². The summed E-state index contributed by atoms with van der Waals surface area (Å²) in [7, 11) is 0. The number of halogens is 3. The number of amides is 1. The summed E-state index contributed by atoms with van der Waals surface area (Å²) >= 11 is 18.9. The van der Waals surface area contributed by atoms with E-state index in [1.807, 2.05) is 36.4 Å². The predicted molar refractivity (Wildman–Crippen MR) is 143 cm³/mol. The van der Waals surface area contributed by atoms with Gasteiger partial charge in [0.15, 0.2) is 5.69 Å². The van der Waals surface area contributed by atoms with Crippen molar-refractivity contribution in [3.8, 4) is 5.69 Å². The van der Waals surface area contributed by atoms with E-state index in [4.69, 9.17) is 39.9 Å². The monoisotopic (exact) mass is 522 g/mol. The van der Waals surface area contributed by atoms with Crippen LogP contribution >= 0.6 is 34.8 Å². The van der Waals surface area contributed by atoms with Gasteiger partial charge in [0, 0.05) is 21.8 Å². The molecule has 1 aliphatic carbocycles. The molecule has 0 unspecified atom stereocenters. The quantitative estimate of drug-likeness (QED) is 0.278. The lowest BCUT2D eigenvalue weighted by molar-refractivity contribution is 0.102. The van der Waals surface area contributed by atoms with E-state index in [9.17, 15) is 4.79 Å². The Morgan fingerprint density at radius 3 is 2.46 bits per heavy atom. The number of pyridine rings is 1. The normalized spacial score (nSPS) is 14.4. The third-order valence-electron chi connectivity index (χ3n) is 5.88.